The zero-order valence-electron chi connectivity index (χ0n) is 10.5. The number of hydrogen-bond acceptors (Lipinski definition) is 4. The molecule has 0 heterocycles. The number of imide groups is 1. The highest BCUT2D eigenvalue weighted by Gasteiger charge is 2.52. The van der Waals surface area contributed by atoms with Gasteiger partial charge in [0.2, 0.25) is 0 Å². The fourth-order valence-electron chi connectivity index (χ4n) is 1.95. The number of hydrogen-bond donors (Lipinski definition) is 2. The number of halogens is 1. The number of urea groups is 1. The minimum atomic E-state index is -0.982. The number of carbonyl (C=O) groups excluding carboxylic acids is 3. The van der Waals surface area contributed by atoms with Crippen LogP contribution in [0.1, 0.15) is 18.4 Å². The molecule has 1 aromatic rings. The average Bonchev–Trinajstić information content (AvgIpc) is 3.17. The summed E-state index contributed by atoms with van der Waals surface area (Å²) in [6.45, 7) is -0.531. The summed E-state index contributed by atoms with van der Waals surface area (Å²) >= 11 is 5.80. The van der Waals surface area contributed by atoms with Crippen LogP contribution in [-0.4, -0.2) is 24.5 Å². The molecule has 3 N–H and O–H groups in total. The predicted molar refractivity (Wildman–Crippen MR) is 71.0 cm³/mol. The van der Waals surface area contributed by atoms with Gasteiger partial charge < -0.3 is 10.5 Å². The molecule has 0 saturated heterocycles. The van der Waals surface area contributed by atoms with Gasteiger partial charge in [-0.25, -0.2) is 4.79 Å². The maximum atomic E-state index is 12.1. The highest BCUT2D eigenvalue weighted by Crippen LogP contribution is 2.49. The van der Waals surface area contributed by atoms with Gasteiger partial charge in [0.05, 0.1) is 5.41 Å². The molecule has 0 aliphatic heterocycles. The van der Waals surface area contributed by atoms with Crippen molar-refractivity contribution in [1.82, 2.24) is 5.32 Å². The third kappa shape index (κ3) is 3.08. The molecule has 0 spiro atoms. The molecule has 1 fully saturated rings. The molecule has 1 aliphatic rings. The Balaban J connectivity index is 1.97. The average molecular weight is 297 g/mol. The summed E-state index contributed by atoms with van der Waals surface area (Å²) in [7, 11) is 0. The Morgan fingerprint density at radius 1 is 1.25 bits per heavy atom. The van der Waals surface area contributed by atoms with Gasteiger partial charge in [0, 0.05) is 5.02 Å². The highest BCUT2D eigenvalue weighted by atomic mass is 35.5. The third-order valence-electron chi connectivity index (χ3n) is 3.13. The molecule has 0 aromatic heterocycles. The van der Waals surface area contributed by atoms with Crippen molar-refractivity contribution in [1.29, 1.82) is 0 Å². The molecule has 1 aliphatic carbocycles. The summed E-state index contributed by atoms with van der Waals surface area (Å²) in [4.78, 5) is 33.7. The Kier molecular flexibility index (Phi) is 3.94. The van der Waals surface area contributed by atoms with E-state index in [1.54, 1.807) is 24.3 Å². The number of rotatable bonds is 4. The topological polar surface area (TPSA) is 98.5 Å². The summed E-state index contributed by atoms with van der Waals surface area (Å²) in [6, 6.07) is 5.94. The van der Waals surface area contributed by atoms with E-state index in [1.807, 2.05) is 5.32 Å². The van der Waals surface area contributed by atoms with Crippen molar-refractivity contribution in [3.63, 3.8) is 0 Å². The quantitative estimate of drug-likeness (QED) is 0.813. The number of amides is 3. The zero-order valence-corrected chi connectivity index (χ0v) is 11.3. The largest absolute Gasteiger partial charge is 0.455 e. The molecule has 2 rings (SSSR count). The van der Waals surface area contributed by atoms with Gasteiger partial charge in [0.1, 0.15) is 0 Å². The minimum Gasteiger partial charge on any atom is -0.455 e. The lowest BCUT2D eigenvalue weighted by Gasteiger charge is -2.14. The van der Waals surface area contributed by atoms with Gasteiger partial charge in [-0.05, 0) is 30.5 Å². The Hall–Kier alpha value is -2.08. The number of benzene rings is 1. The lowest BCUT2D eigenvalue weighted by Crippen LogP contribution is -2.38. The van der Waals surface area contributed by atoms with Crippen LogP contribution in [0.4, 0.5) is 4.79 Å². The van der Waals surface area contributed by atoms with Crippen LogP contribution in [0.3, 0.4) is 0 Å². The SMILES string of the molecule is NC(=O)NC(=O)COC(=O)C1(c2ccc(Cl)cc2)CC1. The molecular weight excluding hydrogens is 284 g/mol. The van der Waals surface area contributed by atoms with Gasteiger partial charge in [-0.2, -0.15) is 0 Å². The van der Waals surface area contributed by atoms with Gasteiger partial charge in [0.25, 0.3) is 5.91 Å². The highest BCUT2D eigenvalue weighted by molar-refractivity contribution is 6.30. The first-order valence-corrected chi connectivity index (χ1v) is 6.34. The lowest BCUT2D eigenvalue weighted by molar-refractivity contribution is -0.150. The van der Waals surface area contributed by atoms with Crippen molar-refractivity contribution < 1.29 is 19.1 Å². The summed E-state index contributed by atoms with van der Waals surface area (Å²) in [5.41, 5.74) is 4.89. The van der Waals surface area contributed by atoms with Crippen molar-refractivity contribution >= 4 is 29.5 Å². The van der Waals surface area contributed by atoms with E-state index >= 15 is 0 Å². The first-order valence-electron chi connectivity index (χ1n) is 5.96. The van der Waals surface area contributed by atoms with Crippen LogP contribution in [0.15, 0.2) is 24.3 Å². The van der Waals surface area contributed by atoms with E-state index in [0.29, 0.717) is 17.9 Å². The van der Waals surface area contributed by atoms with Gasteiger partial charge in [-0.1, -0.05) is 23.7 Å². The summed E-state index contributed by atoms with van der Waals surface area (Å²) in [5.74, 6) is -1.24. The molecule has 1 aromatic carbocycles. The maximum absolute atomic E-state index is 12.1. The van der Waals surface area contributed by atoms with E-state index in [0.717, 1.165) is 5.56 Å². The van der Waals surface area contributed by atoms with E-state index < -0.39 is 29.9 Å². The second-order valence-corrected chi connectivity index (χ2v) is 5.01. The van der Waals surface area contributed by atoms with Gasteiger partial charge in [0.15, 0.2) is 6.61 Å². The Morgan fingerprint density at radius 2 is 1.85 bits per heavy atom. The first-order chi connectivity index (χ1) is 9.44. The van der Waals surface area contributed by atoms with E-state index in [1.165, 1.54) is 0 Å². The molecule has 20 heavy (non-hydrogen) atoms. The second-order valence-electron chi connectivity index (χ2n) is 4.58. The van der Waals surface area contributed by atoms with Crippen LogP contribution in [0, 0.1) is 0 Å². The Bertz CT molecular complexity index is 552. The molecule has 0 bridgehead atoms. The smallest absolute Gasteiger partial charge is 0.318 e. The molecule has 1 saturated carbocycles. The fraction of sp³-hybridized carbons (Fsp3) is 0.308. The molecule has 6 nitrogen and oxygen atoms in total. The van der Waals surface area contributed by atoms with Crippen LogP contribution in [0.25, 0.3) is 0 Å². The molecule has 7 heteroatoms. The second kappa shape index (κ2) is 5.50. The third-order valence-corrected chi connectivity index (χ3v) is 3.39. The van der Waals surface area contributed by atoms with Crippen molar-refractivity contribution in [3.8, 4) is 0 Å². The minimum absolute atomic E-state index is 0.487. The summed E-state index contributed by atoms with van der Waals surface area (Å²) in [6.07, 6.45) is 1.32. The molecule has 0 radical (unpaired) electrons. The van der Waals surface area contributed by atoms with E-state index in [-0.39, 0.29) is 0 Å². The Labute approximate surface area is 120 Å². The van der Waals surface area contributed by atoms with E-state index in [2.05, 4.69) is 0 Å². The van der Waals surface area contributed by atoms with Crippen LogP contribution in [0.2, 0.25) is 5.02 Å². The predicted octanol–water partition coefficient (Wildman–Crippen LogP) is 1.11. The molecule has 0 atom stereocenters. The number of primary amides is 1. The summed E-state index contributed by atoms with van der Waals surface area (Å²) < 4.78 is 4.92. The van der Waals surface area contributed by atoms with Crippen molar-refractivity contribution in [3.05, 3.63) is 34.9 Å². The van der Waals surface area contributed by atoms with Crippen molar-refractivity contribution in [2.45, 2.75) is 18.3 Å². The normalized spacial score (nSPS) is 15.2. The lowest BCUT2D eigenvalue weighted by atomic mass is 9.96. The molecule has 3 amide bonds. The number of nitrogens with one attached hydrogen (secondary N) is 1. The Morgan fingerprint density at radius 3 is 2.35 bits per heavy atom. The van der Waals surface area contributed by atoms with Crippen molar-refractivity contribution in [2.75, 3.05) is 6.61 Å². The number of nitrogens with two attached hydrogens (primary N) is 1. The van der Waals surface area contributed by atoms with Crippen molar-refractivity contribution in [2.24, 2.45) is 5.73 Å². The molecule has 106 valence electrons. The molecular formula is C13H13ClN2O4. The zero-order chi connectivity index (χ0) is 14.8. The van der Waals surface area contributed by atoms with Crippen LogP contribution >= 0.6 is 11.6 Å². The maximum Gasteiger partial charge on any atom is 0.318 e. The van der Waals surface area contributed by atoms with E-state index in [4.69, 9.17) is 22.1 Å². The number of ether oxygens (including phenoxy) is 1. The monoisotopic (exact) mass is 296 g/mol. The van der Waals surface area contributed by atoms with Gasteiger partial charge in [-0.15, -0.1) is 0 Å². The van der Waals surface area contributed by atoms with Crippen LogP contribution < -0.4 is 11.1 Å². The van der Waals surface area contributed by atoms with Crippen LogP contribution in [-0.2, 0) is 19.7 Å². The van der Waals surface area contributed by atoms with Gasteiger partial charge in [-0.3, -0.25) is 14.9 Å². The first kappa shape index (κ1) is 14.3. The number of carbonyl (C=O) groups is 3. The standard InChI is InChI=1S/C13H13ClN2O4/c14-9-3-1-8(2-4-9)13(5-6-13)11(18)20-7-10(17)16-12(15)19/h1-4H,5-7H2,(H3,15,16,17,19). The van der Waals surface area contributed by atoms with E-state index in [9.17, 15) is 14.4 Å². The number of esters is 1. The fourth-order valence-corrected chi connectivity index (χ4v) is 2.07. The molecule has 0 unspecified atom stereocenters. The summed E-state index contributed by atoms with van der Waals surface area (Å²) in [5, 5.41) is 2.40. The van der Waals surface area contributed by atoms with Gasteiger partial charge >= 0.3 is 12.0 Å². The van der Waals surface area contributed by atoms with Crippen LogP contribution in [0.5, 0.6) is 0 Å².